The number of nitrogens with zero attached hydrogens (tertiary/aromatic N) is 1. The Morgan fingerprint density at radius 3 is 1.71 bits per heavy atom. The molecule has 1 heterocycles. The van der Waals surface area contributed by atoms with Gasteiger partial charge in [-0.15, -0.1) is 12.3 Å². The second-order valence-corrected chi connectivity index (χ2v) is 4.88. The number of benzene rings is 1. The molecule has 0 saturated carbocycles. The minimum Gasteiger partial charge on any atom is -0.224 e. The summed E-state index contributed by atoms with van der Waals surface area (Å²) in [6.45, 7) is 5.86. The van der Waals surface area contributed by atoms with Crippen molar-refractivity contribution < 1.29 is 0 Å². The van der Waals surface area contributed by atoms with Gasteiger partial charge in [0, 0.05) is 0 Å². The van der Waals surface area contributed by atoms with Crippen LogP contribution in [0.25, 0.3) is 0 Å². The van der Waals surface area contributed by atoms with Crippen LogP contribution in [0, 0.1) is 12.3 Å². The van der Waals surface area contributed by atoms with Gasteiger partial charge in [-0.3, -0.25) is 0 Å². The number of hydrogen-bond donors (Lipinski definition) is 0. The Labute approximate surface area is 138 Å². The maximum absolute atomic E-state index is 5.63. The molecule has 1 aromatic heterocycles. The van der Waals surface area contributed by atoms with Crippen molar-refractivity contribution in [1.29, 1.82) is 0 Å². The molecule has 0 saturated heterocycles. The van der Waals surface area contributed by atoms with Crippen LogP contribution in [-0.4, -0.2) is 4.98 Å². The molecule has 0 bridgehead atoms. The molecule has 21 heavy (non-hydrogen) atoms. The van der Waals surface area contributed by atoms with Crippen molar-refractivity contribution in [2.24, 2.45) is 0 Å². The summed E-state index contributed by atoms with van der Waals surface area (Å²) in [4.78, 5) is 3.81. The predicted octanol–water partition coefficient (Wildman–Crippen LogP) is 5.84. The van der Waals surface area contributed by atoms with Gasteiger partial charge in [-0.25, -0.2) is 4.98 Å². The Morgan fingerprint density at radius 2 is 1.38 bits per heavy atom. The monoisotopic (exact) mass is 321 g/mol. The molecule has 3 heteroatoms. The smallest absolute Gasteiger partial charge is 0.131 e. The van der Waals surface area contributed by atoms with Gasteiger partial charge in [0.05, 0.1) is 0 Å². The molecule has 1 nitrogen and oxygen atoms in total. The van der Waals surface area contributed by atoms with Gasteiger partial charge in [-0.1, -0.05) is 67.4 Å². The first-order chi connectivity index (χ1) is 10.1. The zero-order valence-corrected chi connectivity index (χ0v) is 14.2. The fourth-order valence-electron chi connectivity index (χ4n) is 1.43. The normalized spacial score (nSPS) is 8.57. The molecule has 0 aliphatic rings. The lowest BCUT2D eigenvalue weighted by molar-refractivity contribution is 1.12. The highest BCUT2D eigenvalue weighted by atomic mass is 35.5. The number of halogens is 2. The molecule has 0 aliphatic heterocycles. The summed E-state index contributed by atoms with van der Waals surface area (Å²) in [6, 6.07) is 14.1. The van der Waals surface area contributed by atoms with E-state index in [1.54, 1.807) is 6.92 Å². The molecule has 2 rings (SSSR count). The van der Waals surface area contributed by atoms with Crippen LogP contribution in [0.4, 0.5) is 0 Å². The molecule has 0 atom stereocenters. The summed E-state index contributed by atoms with van der Waals surface area (Å²) in [7, 11) is 0. The van der Waals surface area contributed by atoms with Crippen molar-refractivity contribution >= 4 is 23.2 Å². The van der Waals surface area contributed by atoms with Crippen molar-refractivity contribution in [3.05, 3.63) is 63.9 Å². The second kappa shape index (κ2) is 12.3. The molecule has 0 unspecified atom stereocenters. The van der Waals surface area contributed by atoms with Crippen LogP contribution in [0.5, 0.6) is 0 Å². The summed E-state index contributed by atoms with van der Waals surface area (Å²) in [5, 5.41) is 0.925. The SMILES string of the molecule is C#CC.CCc1cc(Cl)nc(Cl)c1.CCc1ccccc1. The standard InChI is InChI=1S/C8H10.C7H7Cl2N.C3H4/c1-2-8-6-4-3-5-7-8;1-2-5-3-6(8)10-7(9)4-5;1-3-2/h3-7H,2H2,1H3;3-4H,2H2,1H3;1H,2H3. The lowest BCUT2D eigenvalue weighted by Crippen LogP contribution is -1.82. The van der Waals surface area contributed by atoms with E-state index in [9.17, 15) is 0 Å². The maximum Gasteiger partial charge on any atom is 0.131 e. The van der Waals surface area contributed by atoms with Gasteiger partial charge in [0.2, 0.25) is 0 Å². The Bertz CT molecular complexity index is 525. The van der Waals surface area contributed by atoms with E-state index >= 15 is 0 Å². The van der Waals surface area contributed by atoms with Crippen LogP contribution in [0.2, 0.25) is 10.3 Å². The molecule has 0 amide bonds. The number of pyridine rings is 1. The van der Waals surface area contributed by atoms with Gasteiger partial charge in [0.15, 0.2) is 0 Å². The molecule has 112 valence electrons. The Balaban J connectivity index is 0.000000327. The van der Waals surface area contributed by atoms with Crippen LogP contribution in [0.15, 0.2) is 42.5 Å². The molecule has 2 aromatic rings. The van der Waals surface area contributed by atoms with Crippen LogP contribution in [-0.2, 0) is 12.8 Å². The van der Waals surface area contributed by atoms with Crippen LogP contribution in [0.1, 0.15) is 31.9 Å². The Hall–Kier alpha value is -1.49. The Kier molecular flexibility index (Phi) is 11.4. The van der Waals surface area contributed by atoms with E-state index in [1.165, 1.54) is 5.56 Å². The fourth-order valence-corrected chi connectivity index (χ4v) is 1.94. The van der Waals surface area contributed by atoms with Gasteiger partial charge in [-0.05, 0) is 43.0 Å². The quantitative estimate of drug-likeness (QED) is 0.500. The first-order valence-corrected chi connectivity index (χ1v) is 7.56. The number of aromatic nitrogens is 1. The van der Waals surface area contributed by atoms with Crippen molar-refractivity contribution in [2.45, 2.75) is 33.6 Å². The first kappa shape index (κ1) is 19.5. The minimum absolute atomic E-state index is 0.462. The summed E-state index contributed by atoms with van der Waals surface area (Å²) in [6.07, 6.45) is 6.67. The number of hydrogen-bond acceptors (Lipinski definition) is 1. The third-order valence-corrected chi connectivity index (χ3v) is 2.87. The predicted molar refractivity (Wildman–Crippen MR) is 94.0 cm³/mol. The van der Waals surface area contributed by atoms with Crippen molar-refractivity contribution in [1.82, 2.24) is 4.98 Å². The van der Waals surface area contributed by atoms with E-state index in [0.717, 1.165) is 18.4 Å². The highest BCUT2D eigenvalue weighted by molar-refractivity contribution is 6.32. The molecular weight excluding hydrogens is 301 g/mol. The van der Waals surface area contributed by atoms with Crippen molar-refractivity contribution in [2.75, 3.05) is 0 Å². The average Bonchev–Trinajstić information content (AvgIpc) is 2.48. The number of rotatable bonds is 2. The van der Waals surface area contributed by atoms with Gasteiger partial charge in [0.1, 0.15) is 10.3 Å². The molecule has 0 radical (unpaired) electrons. The topological polar surface area (TPSA) is 12.9 Å². The van der Waals surface area contributed by atoms with Gasteiger partial charge in [0.25, 0.3) is 0 Å². The van der Waals surface area contributed by atoms with E-state index in [0.29, 0.717) is 10.3 Å². The molecule has 0 aliphatic carbocycles. The van der Waals surface area contributed by atoms with E-state index in [1.807, 2.05) is 25.1 Å². The molecule has 1 aromatic carbocycles. The third-order valence-electron chi connectivity index (χ3n) is 2.48. The summed E-state index contributed by atoms with van der Waals surface area (Å²) in [5.74, 6) is 2.25. The van der Waals surface area contributed by atoms with Gasteiger partial charge in [-0.2, -0.15) is 0 Å². The highest BCUT2D eigenvalue weighted by Gasteiger charge is 1.95. The summed E-state index contributed by atoms with van der Waals surface area (Å²) < 4.78 is 0. The zero-order valence-electron chi connectivity index (χ0n) is 12.7. The Morgan fingerprint density at radius 1 is 0.952 bits per heavy atom. The van der Waals surface area contributed by atoms with E-state index in [4.69, 9.17) is 23.2 Å². The number of terminal acetylenes is 1. The zero-order chi connectivity index (χ0) is 16.1. The van der Waals surface area contributed by atoms with Crippen molar-refractivity contribution in [3.8, 4) is 12.3 Å². The average molecular weight is 322 g/mol. The first-order valence-electron chi connectivity index (χ1n) is 6.80. The summed E-state index contributed by atoms with van der Waals surface area (Å²) in [5.41, 5.74) is 2.53. The number of aryl methyl sites for hydroxylation is 2. The molecular formula is C18H21Cl2N. The second-order valence-electron chi connectivity index (χ2n) is 4.10. The van der Waals surface area contributed by atoms with Gasteiger partial charge < -0.3 is 0 Å². The maximum atomic E-state index is 5.63. The van der Waals surface area contributed by atoms with Crippen molar-refractivity contribution in [3.63, 3.8) is 0 Å². The minimum atomic E-state index is 0.462. The highest BCUT2D eigenvalue weighted by Crippen LogP contribution is 2.14. The van der Waals surface area contributed by atoms with Crippen LogP contribution < -0.4 is 0 Å². The largest absolute Gasteiger partial charge is 0.224 e. The molecule has 0 N–H and O–H groups in total. The van der Waals surface area contributed by atoms with E-state index in [2.05, 4.69) is 48.5 Å². The molecule has 0 fully saturated rings. The van der Waals surface area contributed by atoms with Gasteiger partial charge >= 0.3 is 0 Å². The van der Waals surface area contributed by atoms with E-state index in [-0.39, 0.29) is 0 Å². The third kappa shape index (κ3) is 9.96. The fraction of sp³-hybridized carbons (Fsp3) is 0.278. The lowest BCUT2D eigenvalue weighted by Gasteiger charge is -1.96. The lowest BCUT2D eigenvalue weighted by atomic mass is 10.2. The van der Waals surface area contributed by atoms with Crippen LogP contribution in [0.3, 0.4) is 0 Å². The van der Waals surface area contributed by atoms with Crippen LogP contribution >= 0.6 is 23.2 Å². The molecule has 0 spiro atoms. The summed E-state index contributed by atoms with van der Waals surface area (Å²) >= 11 is 11.3. The van der Waals surface area contributed by atoms with E-state index < -0.39 is 0 Å².